The third kappa shape index (κ3) is 6.65. The topological polar surface area (TPSA) is 24.5 Å². The van der Waals surface area contributed by atoms with Crippen LogP contribution in [0.25, 0.3) is 6.08 Å². The van der Waals surface area contributed by atoms with E-state index in [-0.39, 0.29) is 0 Å². The van der Waals surface area contributed by atoms with Gasteiger partial charge in [-0.2, -0.15) is 0 Å². The van der Waals surface area contributed by atoms with Crippen molar-refractivity contribution in [3.8, 4) is 5.75 Å². The molecule has 1 N–H and O–H groups in total. The molecule has 2 aromatic rings. The van der Waals surface area contributed by atoms with Gasteiger partial charge < -0.3 is 15.0 Å². The molecule has 168 valence electrons. The number of anilines is 1. The van der Waals surface area contributed by atoms with Crippen LogP contribution in [0.4, 0.5) is 5.69 Å². The van der Waals surface area contributed by atoms with Crippen molar-refractivity contribution in [2.75, 3.05) is 38.6 Å². The van der Waals surface area contributed by atoms with Crippen LogP contribution in [-0.4, -0.2) is 38.2 Å². The molecule has 0 aliphatic carbocycles. The molecule has 5 heteroatoms. The van der Waals surface area contributed by atoms with Gasteiger partial charge in [0.05, 0.1) is 16.7 Å². The molecule has 2 aromatic carbocycles. The van der Waals surface area contributed by atoms with Gasteiger partial charge in [0, 0.05) is 25.3 Å². The summed E-state index contributed by atoms with van der Waals surface area (Å²) in [5.41, 5.74) is 4.88. The van der Waals surface area contributed by atoms with E-state index in [2.05, 4.69) is 54.4 Å². The van der Waals surface area contributed by atoms with E-state index in [0.717, 1.165) is 68.4 Å². The van der Waals surface area contributed by atoms with Crippen LogP contribution in [0.5, 0.6) is 5.75 Å². The molecule has 0 amide bonds. The molecule has 1 aliphatic heterocycles. The van der Waals surface area contributed by atoms with Crippen LogP contribution in [-0.2, 0) is 0 Å². The summed E-state index contributed by atoms with van der Waals surface area (Å²) in [5, 5.41) is 4.66. The number of nitrogens with one attached hydrogen (secondary N) is 1. The highest BCUT2D eigenvalue weighted by Gasteiger charge is 2.22. The number of hydrogen-bond donors (Lipinski definition) is 1. The van der Waals surface area contributed by atoms with Gasteiger partial charge in [-0.15, -0.1) is 0 Å². The van der Waals surface area contributed by atoms with Gasteiger partial charge in [-0.1, -0.05) is 53.9 Å². The second kappa shape index (κ2) is 11.8. The number of allylic oxidation sites excluding steroid dienone is 1. The smallest absolute Gasteiger partial charge is 0.121 e. The van der Waals surface area contributed by atoms with Crippen LogP contribution >= 0.6 is 23.2 Å². The fourth-order valence-electron chi connectivity index (χ4n) is 4.12. The van der Waals surface area contributed by atoms with Gasteiger partial charge in [0.25, 0.3) is 0 Å². The number of halogens is 2. The summed E-state index contributed by atoms with van der Waals surface area (Å²) in [5.74, 6) is 1.42. The molecule has 1 heterocycles. The van der Waals surface area contributed by atoms with Crippen LogP contribution in [0.3, 0.4) is 0 Å². The third-order valence-corrected chi connectivity index (χ3v) is 6.98. The number of piperidine rings is 1. The summed E-state index contributed by atoms with van der Waals surface area (Å²) in [6, 6.07) is 12.3. The Morgan fingerprint density at radius 1 is 1.19 bits per heavy atom. The number of benzene rings is 2. The van der Waals surface area contributed by atoms with E-state index >= 15 is 0 Å². The predicted molar refractivity (Wildman–Crippen MR) is 135 cm³/mol. The second-order valence-electron chi connectivity index (χ2n) is 8.30. The van der Waals surface area contributed by atoms with Crippen molar-refractivity contribution in [3.63, 3.8) is 0 Å². The van der Waals surface area contributed by atoms with E-state index in [1.165, 1.54) is 16.7 Å². The van der Waals surface area contributed by atoms with Crippen molar-refractivity contribution >= 4 is 35.0 Å². The first kappa shape index (κ1) is 24.0. The first-order valence-electron chi connectivity index (χ1n) is 11.3. The lowest BCUT2D eigenvalue weighted by Gasteiger charge is -2.32. The Balaban J connectivity index is 1.43. The highest BCUT2D eigenvalue weighted by molar-refractivity contribution is 6.42. The summed E-state index contributed by atoms with van der Waals surface area (Å²) in [7, 11) is 1.96. The summed E-state index contributed by atoms with van der Waals surface area (Å²) in [6.45, 7) is 8.32. The monoisotopic (exact) mass is 460 g/mol. The lowest BCUT2D eigenvalue weighted by molar-refractivity contribution is 0.193. The molecule has 0 spiro atoms. The van der Waals surface area contributed by atoms with Crippen LogP contribution in [0, 0.1) is 0 Å². The minimum Gasteiger partial charge on any atom is -0.493 e. The van der Waals surface area contributed by atoms with Crippen molar-refractivity contribution in [2.45, 2.75) is 45.4 Å². The molecule has 0 atom stereocenters. The van der Waals surface area contributed by atoms with Crippen LogP contribution in [0.1, 0.15) is 56.6 Å². The lowest BCUT2D eigenvalue weighted by Crippen LogP contribution is -2.34. The third-order valence-electron chi connectivity index (χ3n) is 6.15. The quantitative estimate of drug-likeness (QED) is 0.392. The summed E-state index contributed by atoms with van der Waals surface area (Å²) >= 11 is 12.6. The fraction of sp³-hybridized carbons (Fsp3) is 0.462. The molecular formula is C26H34Cl2N2O. The zero-order chi connectivity index (χ0) is 22.2. The van der Waals surface area contributed by atoms with Gasteiger partial charge in [-0.3, -0.25) is 0 Å². The zero-order valence-electron chi connectivity index (χ0n) is 18.9. The number of rotatable bonds is 9. The van der Waals surface area contributed by atoms with Crippen molar-refractivity contribution in [2.24, 2.45) is 0 Å². The van der Waals surface area contributed by atoms with E-state index in [1.54, 1.807) is 0 Å². The highest BCUT2D eigenvalue weighted by atomic mass is 35.5. The SMILES string of the molecule is CCC(C)=Cc1ccc(OCCCN2CCC(c3cccc(Cl)c3Cl)CC2)cc1NC. The van der Waals surface area contributed by atoms with Crippen molar-refractivity contribution in [3.05, 3.63) is 63.1 Å². The number of ether oxygens (including phenoxy) is 1. The van der Waals surface area contributed by atoms with Gasteiger partial charge >= 0.3 is 0 Å². The van der Waals surface area contributed by atoms with Crippen LogP contribution in [0.2, 0.25) is 10.0 Å². The van der Waals surface area contributed by atoms with Crippen molar-refractivity contribution in [1.29, 1.82) is 0 Å². The molecular weight excluding hydrogens is 427 g/mol. The molecule has 1 saturated heterocycles. The van der Waals surface area contributed by atoms with Gasteiger partial charge in [0.15, 0.2) is 0 Å². The second-order valence-corrected chi connectivity index (χ2v) is 9.09. The average Bonchev–Trinajstić information content (AvgIpc) is 2.79. The molecule has 0 aromatic heterocycles. The summed E-state index contributed by atoms with van der Waals surface area (Å²) < 4.78 is 6.03. The Morgan fingerprint density at radius 2 is 1.97 bits per heavy atom. The zero-order valence-corrected chi connectivity index (χ0v) is 20.4. The highest BCUT2D eigenvalue weighted by Crippen LogP contribution is 2.36. The molecule has 0 unspecified atom stereocenters. The van der Waals surface area contributed by atoms with E-state index in [4.69, 9.17) is 27.9 Å². The van der Waals surface area contributed by atoms with Crippen LogP contribution < -0.4 is 10.1 Å². The Labute approximate surface area is 197 Å². The van der Waals surface area contributed by atoms with Gasteiger partial charge in [-0.05, 0) is 80.9 Å². The van der Waals surface area contributed by atoms with E-state index in [0.29, 0.717) is 10.9 Å². The molecule has 0 radical (unpaired) electrons. The van der Waals surface area contributed by atoms with E-state index in [9.17, 15) is 0 Å². The lowest BCUT2D eigenvalue weighted by atomic mass is 9.89. The predicted octanol–water partition coefficient (Wildman–Crippen LogP) is 7.50. The minimum absolute atomic E-state index is 0.502. The first-order valence-corrected chi connectivity index (χ1v) is 12.1. The average molecular weight is 461 g/mol. The maximum Gasteiger partial charge on any atom is 0.121 e. The molecule has 0 bridgehead atoms. The Bertz CT molecular complexity index is 889. The molecule has 1 aliphatic rings. The number of likely N-dealkylation sites (tertiary alicyclic amines) is 1. The summed E-state index contributed by atoms with van der Waals surface area (Å²) in [4.78, 5) is 2.53. The van der Waals surface area contributed by atoms with Gasteiger partial charge in [0.2, 0.25) is 0 Å². The fourth-order valence-corrected chi connectivity index (χ4v) is 4.58. The van der Waals surface area contributed by atoms with Crippen LogP contribution in [0.15, 0.2) is 42.0 Å². The maximum absolute atomic E-state index is 6.42. The summed E-state index contributed by atoms with van der Waals surface area (Å²) in [6.07, 6.45) is 6.56. The first-order chi connectivity index (χ1) is 15.0. The minimum atomic E-state index is 0.502. The molecule has 3 rings (SSSR count). The molecule has 1 fully saturated rings. The molecule has 31 heavy (non-hydrogen) atoms. The van der Waals surface area contributed by atoms with Gasteiger partial charge in [0.1, 0.15) is 5.75 Å². The normalized spacial score (nSPS) is 15.8. The van der Waals surface area contributed by atoms with E-state index in [1.807, 2.05) is 19.2 Å². The largest absolute Gasteiger partial charge is 0.493 e. The standard InChI is InChI=1S/C26H34Cl2N2O/c1-4-19(2)17-21-9-10-22(18-25(21)29-3)31-16-6-13-30-14-11-20(12-15-30)23-7-5-8-24(27)26(23)28/h5,7-10,17-18,20,29H,4,6,11-16H2,1-3H3. The number of nitrogens with zero attached hydrogens (tertiary/aromatic N) is 1. The Morgan fingerprint density at radius 3 is 2.68 bits per heavy atom. The van der Waals surface area contributed by atoms with E-state index < -0.39 is 0 Å². The molecule has 0 saturated carbocycles. The molecule has 3 nitrogen and oxygen atoms in total. The van der Waals surface area contributed by atoms with Crippen molar-refractivity contribution < 1.29 is 4.74 Å². The Kier molecular flexibility index (Phi) is 9.13. The maximum atomic E-state index is 6.42. The van der Waals surface area contributed by atoms with Crippen molar-refractivity contribution in [1.82, 2.24) is 4.90 Å². The Hall–Kier alpha value is -1.68. The van der Waals surface area contributed by atoms with Gasteiger partial charge in [-0.25, -0.2) is 0 Å². The number of hydrogen-bond acceptors (Lipinski definition) is 3.